The van der Waals surface area contributed by atoms with Gasteiger partial charge in [0.15, 0.2) is 0 Å². The lowest BCUT2D eigenvalue weighted by Gasteiger charge is -2.02. The fraction of sp³-hybridized carbons (Fsp3) is 0.154. The lowest BCUT2D eigenvalue weighted by atomic mass is 10.2. The molecule has 0 aliphatic rings. The van der Waals surface area contributed by atoms with E-state index in [-0.39, 0.29) is 11.4 Å². The molecule has 0 fully saturated rings. The zero-order valence-corrected chi connectivity index (χ0v) is 11.5. The van der Waals surface area contributed by atoms with Crippen LogP contribution in [0.25, 0.3) is 0 Å². The molecule has 1 rings (SSSR count). The van der Waals surface area contributed by atoms with Gasteiger partial charge in [-0.05, 0) is 26.0 Å². The SMILES string of the molecule is CC=CC=CC(C)=NNc1ccc([N+](=O)[O-])cc1[N+](=O)[O-]. The van der Waals surface area contributed by atoms with Crippen molar-refractivity contribution >= 4 is 22.8 Å². The van der Waals surface area contributed by atoms with Gasteiger partial charge in [-0.15, -0.1) is 0 Å². The first kappa shape index (κ1) is 16.0. The normalized spacial score (nSPS) is 12.0. The molecule has 0 saturated heterocycles. The largest absolute Gasteiger partial charge is 0.301 e. The fourth-order valence-electron chi connectivity index (χ4n) is 1.37. The van der Waals surface area contributed by atoms with Crippen molar-refractivity contribution in [3.63, 3.8) is 0 Å². The molecule has 0 unspecified atom stereocenters. The van der Waals surface area contributed by atoms with E-state index in [0.29, 0.717) is 5.71 Å². The van der Waals surface area contributed by atoms with Crippen LogP contribution in [0.2, 0.25) is 0 Å². The number of hydrogen-bond acceptors (Lipinski definition) is 6. The van der Waals surface area contributed by atoms with Crippen LogP contribution in [0.1, 0.15) is 13.8 Å². The van der Waals surface area contributed by atoms with Gasteiger partial charge in [0, 0.05) is 6.07 Å². The molecule has 0 radical (unpaired) electrons. The molecule has 8 heteroatoms. The van der Waals surface area contributed by atoms with E-state index in [1.807, 2.05) is 19.1 Å². The predicted octanol–water partition coefficient (Wildman–Crippen LogP) is 3.42. The van der Waals surface area contributed by atoms with Crippen LogP contribution in [0, 0.1) is 20.2 Å². The quantitative estimate of drug-likeness (QED) is 0.373. The highest BCUT2D eigenvalue weighted by atomic mass is 16.6. The number of hydrazone groups is 1. The topological polar surface area (TPSA) is 111 Å². The first-order chi connectivity index (χ1) is 9.95. The van der Waals surface area contributed by atoms with E-state index in [2.05, 4.69) is 10.5 Å². The number of allylic oxidation sites excluding steroid dienone is 4. The average Bonchev–Trinajstić information content (AvgIpc) is 2.45. The lowest BCUT2D eigenvalue weighted by Crippen LogP contribution is -2.00. The van der Waals surface area contributed by atoms with Crippen molar-refractivity contribution in [2.75, 3.05) is 5.43 Å². The van der Waals surface area contributed by atoms with Gasteiger partial charge in [-0.1, -0.05) is 18.2 Å². The Morgan fingerprint density at radius 2 is 1.95 bits per heavy atom. The minimum Gasteiger partial charge on any atom is -0.271 e. The van der Waals surface area contributed by atoms with Crippen molar-refractivity contribution in [2.24, 2.45) is 5.10 Å². The van der Waals surface area contributed by atoms with E-state index < -0.39 is 15.5 Å². The number of non-ortho nitro benzene ring substituents is 1. The summed E-state index contributed by atoms with van der Waals surface area (Å²) in [6.07, 6.45) is 7.14. The van der Waals surface area contributed by atoms with Crippen molar-refractivity contribution in [3.05, 3.63) is 62.7 Å². The maximum Gasteiger partial charge on any atom is 0.301 e. The van der Waals surface area contributed by atoms with Gasteiger partial charge in [0.05, 0.1) is 21.6 Å². The van der Waals surface area contributed by atoms with Gasteiger partial charge in [-0.25, -0.2) is 0 Å². The average molecular weight is 290 g/mol. The number of anilines is 1. The third-order valence-electron chi connectivity index (χ3n) is 2.38. The molecule has 0 atom stereocenters. The molecular weight excluding hydrogens is 276 g/mol. The standard InChI is InChI=1S/C13H14N4O4/c1-3-4-5-6-10(2)14-15-12-8-7-11(16(18)19)9-13(12)17(20)21/h3-9,15H,1-2H3. The van der Waals surface area contributed by atoms with E-state index in [1.165, 1.54) is 12.1 Å². The summed E-state index contributed by atoms with van der Waals surface area (Å²) in [5.74, 6) is 0. The van der Waals surface area contributed by atoms with E-state index in [9.17, 15) is 20.2 Å². The highest BCUT2D eigenvalue weighted by Crippen LogP contribution is 2.28. The molecule has 110 valence electrons. The van der Waals surface area contributed by atoms with Crippen LogP contribution >= 0.6 is 0 Å². The Hall–Kier alpha value is -3.03. The third-order valence-corrected chi connectivity index (χ3v) is 2.38. The zero-order chi connectivity index (χ0) is 15.8. The second kappa shape index (κ2) is 7.53. The minimum atomic E-state index is -0.699. The molecular formula is C13H14N4O4. The van der Waals surface area contributed by atoms with Crippen molar-refractivity contribution in [3.8, 4) is 0 Å². The van der Waals surface area contributed by atoms with Crippen LogP contribution in [0.4, 0.5) is 17.1 Å². The van der Waals surface area contributed by atoms with Crippen LogP contribution in [0.3, 0.4) is 0 Å². The van der Waals surface area contributed by atoms with Gasteiger partial charge in [-0.3, -0.25) is 25.7 Å². The fourth-order valence-corrected chi connectivity index (χ4v) is 1.37. The summed E-state index contributed by atoms with van der Waals surface area (Å²) in [5.41, 5.74) is 2.47. The first-order valence-corrected chi connectivity index (χ1v) is 5.98. The Balaban J connectivity index is 3.00. The van der Waals surface area contributed by atoms with E-state index >= 15 is 0 Å². The van der Waals surface area contributed by atoms with Gasteiger partial charge in [0.1, 0.15) is 5.69 Å². The number of hydrogen-bond donors (Lipinski definition) is 1. The number of benzene rings is 1. The number of nitrogens with zero attached hydrogens (tertiary/aromatic N) is 3. The summed E-state index contributed by atoms with van der Waals surface area (Å²) in [6.45, 7) is 3.58. The molecule has 21 heavy (non-hydrogen) atoms. The molecule has 0 heterocycles. The number of nitrogens with one attached hydrogen (secondary N) is 1. The molecule has 0 spiro atoms. The smallest absolute Gasteiger partial charge is 0.271 e. The van der Waals surface area contributed by atoms with E-state index in [1.54, 1.807) is 19.1 Å². The van der Waals surface area contributed by atoms with Gasteiger partial charge >= 0.3 is 5.69 Å². The number of nitro benzene ring substituents is 2. The Labute approximate surface area is 120 Å². The van der Waals surface area contributed by atoms with E-state index in [0.717, 1.165) is 6.07 Å². The lowest BCUT2D eigenvalue weighted by molar-refractivity contribution is -0.393. The maximum atomic E-state index is 10.9. The Kier molecular flexibility index (Phi) is 5.75. The second-order valence-corrected chi connectivity index (χ2v) is 3.97. The highest BCUT2D eigenvalue weighted by molar-refractivity contribution is 5.93. The van der Waals surface area contributed by atoms with Crippen molar-refractivity contribution in [1.29, 1.82) is 0 Å². The molecule has 0 saturated carbocycles. The molecule has 0 bridgehead atoms. The van der Waals surface area contributed by atoms with Crippen LogP contribution < -0.4 is 5.43 Å². The predicted molar refractivity (Wildman–Crippen MR) is 80.4 cm³/mol. The van der Waals surface area contributed by atoms with Crippen LogP contribution in [-0.4, -0.2) is 15.6 Å². The van der Waals surface area contributed by atoms with Gasteiger partial charge in [-0.2, -0.15) is 5.10 Å². The molecule has 0 aliphatic heterocycles. The number of nitro groups is 2. The second-order valence-electron chi connectivity index (χ2n) is 3.97. The Morgan fingerprint density at radius 3 is 2.52 bits per heavy atom. The van der Waals surface area contributed by atoms with Gasteiger partial charge in [0.25, 0.3) is 5.69 Å². The highest BCUT2D eigenvalue weighted by Gasteiger charge is 2.19. The molecule has 1 N–H and O–H groups in total. The summed E-state index contributed by atoms with van der Waals surface area (Å²) < 4.78 is 0. The van der Waals surface area contributed by atoms with Gasteiger partial charge in [0.2, 0.25) is 0 Å². The zero-order valence-electron chi connectivity index (χ0n) is 11.5. The summed E-state index contributed by atoms with van der Waals surface area (Å²) in [4.78, 5) is 20.2. The Morgan fingerprint density at radius 1 is 1.24 bits per heavy atom. The van der Waals surface area contributed by atoms with Crippen molar-refractivity contribution in [1.82, 2.24) is 0 Å². The Bertz CT molecular complexity index is 635. The first-order valence-electron chi connectivity index (χ1n) is 5.98. The number of rotatable bonds is 6. The minimum absolute atomic E-state index is 0.0874. The third kappa shape index (κ3) is 4.86. The van der Waals surface area contributed by atoms with Crippen LogP contribution in [0.5, 0.6) is 0 Å². The molecule has 1 aromatic carbocycles. The van der Waals surface area contributed by atoms with Crippen molar-refractivity contribution < 1.29 is 9.85 Å². The summed E-state index contributed by atoms with van der Waals surface area (Å²) in [6, 6.07) is 3.32. The van der Waals surface area contributed by atoms with Crippen LogP contribution in [-0.2, 0) is 0 Å². The van der Waals surface area contributed by atoms with Gasteiger partial charge < -0.3 is 0 Å². The monoisotopic (exact) mass is 290 g/mol. The molecule has 0 amide bonds. The molecule has 1 aromatic rings. The summed E-state index contributed by atoms with van der Waals surface area (Å²) in [7, 11) is 0. The van der Waals surface area contributed by atoms with Crippen molar-refractivity contribution in [2.45, 2.75) is 13.8 Å². The summed E-state index contributed by atoms with van der Waals surface area (Å²) in [5, 5.41) is 25.5. The molecule has 0 aromatic heterocycles. The maximum absolute atomic E-state index is 10.9. The van der Waals surface area contributed by atoms with E-state index in [4.69, 9.17) is 0 Å². The summed E-state index contributed by atoms with van der Waals surface area (Å²) >= 11 is 0. The molecule has 8 nitrogen and oxygen atoms in total. The van der Waals surface area contributed by atoms with Crippen LogP contribution in [0.15, 0.2) is 47.6 Å². The molecule has 0 aliphatic carbocycles.